The van der Waals surface area contributed by atoms with Crippen molar-refractivity contribution >= 4 is 11.6 Å². The van der Waals surface area contributed by atoms with Gasteiger partial charge in [-0.15, -0.1) is 0 Å². The second kappa shape index (κ2) is 6.01. The Hall–Kier alpha value is -3.40. The van der Waals surface area contributed by atoms with Crippen LogP contribution in [0, 0.1) is 25.2 Å². The second-order valence-electron chi connectivity index (χ2n) is 5.50. The molecule has 24 heavy (non-hydrogen) atoms. The van der Waals surface area contributed by atoms with Crippen molar-refractivity contribution < 1.29 is 9.53 Å². The number of nitriles is 1. The smallest absolute Gasteiger partial charge is 0.338 e. The van der Waals surface area contributed by atoms with Crippen molar-refractivity contribution in [2.75, 3.05) is 0 Å². The van der Waals surface area contributed by atoms with Gasteiger partial charge in [-0.2, -0.15) is 5.26 Å². The first-order chi connectivity index (χ1) is 11.5. The highest BCUT2D eigenvalue weighted by Gasteiger charge is 2.12. The maximum atomic E-state index is 12.2. The van der Waals surface area contributed by atoms with Crippen molar-refractivity contribution in [2.24, 2.45) is 0 Å². The summed E-state index contributed by atoms with van der Waals surface area (Å²) in [5, 5.41) is 11.7. The van der Waals surface area contributed by atoms with Gasteiger partial charge in [0.1, 0.15) is 18.2 Å². The van der Waals surface area contributed by atoms with Crippen LogP contribution in [0.4, 0.5) is 0 Å². The van der Waals surface area contributed by atoms with Gasteiger partial charge in [-0.05, 0) is 26.0 Å². The van der Waals surface area contributed by atoms with Crippen LogP contribution in [0.2, 0.25) is 0 Å². The Balaban J connectivity index is 1.84. The van der Waals surface area contributed by atoms with Crippen molar-refractivity contribution in [3.8, 4) is 6.07 Å². The quantitative estimate of drug-likeness (QED) is 0.742. The molecule has 1 N–H and O–H groups in total. The lowest BCUT2D eigenvalue weighted by molar-refractivity contribution is 0.0467. The molecule has 2 aromatic heterocycles. The number of carbonyl (C=O) groups excluding carboxylic acids is 1. The Bertz CT molecular complexity index is 1020. The molecule has 7 heteroatoms. The number of nitrogens with one attached hydrogen (secondary N) is 1. The van der Waals surface area contributed by atoms with Crippen LogP contribution in [0.1, 0.15) is 32.7 Å². The summed E-state index contributed by atoms with van der Waals surface area (Å²) in [4.78, 5) is 28.3. The molecule has 1 aromatic carbocycles. The molecule has 120 valence electrons. The number of rotatable bonds is 3. The molecule has 0 saturated carbocycles. The van der Waals surface area contributed by atoms with E-state index in [2.05, 4.69) is 10.1 Å². The predicted molar refractivity (Wildman–Crippen MR) is 85.6 cm³/mol. The zero-order valence-electron chi connectivity index (χ0n) is 13.2. The van der Waals surface area contributed by atoms with Crippen LogP contribution >= 0.6 is 0 Å². The van der Waals surface area contributed by atoms with E-state index in [-0.39, 0.29) is 29.1 Å². The van der Waals surface area contributed by atoms with Crippen LogP contribution in [-0.4, -0.2) is 20.6 Å². The van der Waals surface area contributed by atoms with Crippen molar-refractivity contribution in [2.45, 2.75) is 20.5 Å². The van der Waals surface area contributed by atoms with Crippen LogP contribution < -0.4 is 5.56 Å². The Kier molecular flexibility index (Phi) is 3.88. The summed E-state index contributed by atoms with van der Waals surface area (Å²) >= 11 is 0. The van der Waals surface area contributed by atoms with E-state index < -0.39 is 5.97 Å². The lowest BCUT2D eigenvalue weighted by atomic mass is 10.1. The highest BCUT2D eigenvalue weighted by Crippen LogP contribution is 2.11. The molecule has 7 nitrogen and oxygen atoms in total. The summed E-state index contributed by atoms with van der Waals surface area (Å²) in [5.74, 6) is -0.488. The van der Waals surface area contributed by atoms with Gasteiger partial charge in [0.2, 0.25) is 0 Å². The van der Waals surface area contributed by atoms with Crippen molar-refractivity contribution in [3.63, 3.8) is 0 Å². The van der Waals surface area contributed by atoms with Gasteiger partial charge in [-0.1, -0.05) is 17.2 Å². The summed E-state index contributed by atoms with van der Waals surface area (Å²) in [6.45, 7) is 3.65. The van der Waals surface area contributed by atoms with E-state index in [1.165, 1.54) is 12.3 Å². The number of hydrogen-bond acceptors (Lipinski definition) is 5. The van der Waals surface area contributed by atoms with Gasteiger partial charge in [-0.25, -0.2) is 14.3 Å². The molecule has 0 bridgehead atoms. The molecule has 2 heterocycles. The Morgan fingerprint density at radius 2 is 2.00 bits per heavy atom. The van der Waals surface area contributed by atoms with Crippen LogP contribution in [0.25, 0.3) is 5.65 Å². The Labute approximate surface area is 137 Å². The van der Waals surface area contributed by atoms with Crippen LogP contribution in [0.15, 0.2) is 35.3 Å². The molecule has 0 aliphatic rings. The van der Waals surface area contributed by atoms with Crippen molar-refractivity contribution in [1.29, 1.82) is 5.26 Å². The lowest BCUT2D eigenvalue weighted by Gasteiger charge is -2.06. The number of aromatic nitrogens is 3. The van der Waals surface area contributed by atoms with Gasteiger partial charge in [0.05, 0.1) is 11.3 Å². The number of esters is 1. The molecule has 0 radical (unpaired) electrons. The molecule has 3 aromatic rings. The third kappa shape index (κ3) is 2.90. The number of hydrogen-bond donors (Lipinski definition) is 1. The van der Waals surface area contributed by atoms with E-state index in [1.54, 1.807) is 12.1 Å². The predicted octanol–water partition coefficient (Wildman–Crippen LogP) is 1.87. The number of H-pyrrole nitrogens is 1. The minimum atomic E-state index is -0.488. The monoisotopic (exact) mass is 322 g/mol. The van der Waals surface area contributed by atoms with E-state index >= 15 is 0 Å². The standard InChI is InChI=1S/C17H14N4O3/c1-10-3-11(2)5-12(4-10)17(23)24-9-14-6-15(22)21-16(20-14)13(7-18)8-19-21/h3-6,8,19H,9H2,1-2H3. The average molecular weight is 322 g/mol. The topological polar surface area (TPSA) is 100 Å². The van der Waals surface area contributed by atoms with Gasteiger partial charge in [0.15, 0.2) is 5.65 Å². The van der Waals surface area contributed by atoms with E-state index in [9.17, 15) is 9.59 Å². The summed E-state index contributed by atoms with van der Waals surface area (Å²) in [5.41, 5.74) is 2.74. The maximum Gasteiger partial charge on any atom is 0.338 e. The van der Waals surface area contributed by atoms with Gasteiger partial charge < -0.3 is 4.74 Å². The summed E-state index contributed by atoms with van der Waals surface area (Å²) in [6, 6.07) is 8.64. The number of benzene rings is 1. The molecular formula is C17H14N4O3. The minimum Gasteiger partial charge on any atom is -0.456 e. The first-order valence-electron chi connectivity index (χ1n) is 7.23. The summed E-state index contributed by atoms with van der Waals surface area (Å²) in [6.07, 6.45) is 1.40. The van der Waals surface area contributed by atoms with Crippen molar-refractivity contribution in [3.05, 3.63) is 68.8 Å². The highest BCUT2D eigenvalue weighted by atomic mass is 16.5. The van der Waals surface area contributed by atoms with Crippen LogP contribution in [-0.2, 0) is 11.3 Å². The second-order valence-corrected chi connectivity index (χ2v) is 5.50. The molecule has 3 rings (SSSR count). The van der Waals surface area contributed by atoms with E-state index in [0.717, 1.165) is 15.6 Å². The van der Waals surface area contributed by atoms with Gasteiger partial charge in [0, 0.05) is 12.3 Å². The summed E-state index contributed by atoms with van der Waals surface area (Å²) in [7, 11) is 0. The Morgan fingerprint density at radius 3 is 2.67 bits per heavy atom. The first kappa shape index (κ1) is 15.5. The number of carbonyl (C=O) groups is 1. The average Bonchev–Trinajstić information content (AvgIpc) is 2.95. The number of aryl methyl sites for hydroxylation is 2. The molecule has 0 atom stereocenters. The third-order valence-electron chi connectivity index (χ3n) is 3.48. The molecule has 0 amide bonds. The first-order valence-corrected chi connectivity index (χ1v) is 7.23. The molecule has 0 fully saturated rings. The maximum absolute atomic E-state index is 12.2. The molecular weight excluding hydrogens is 308 g/mol. The van der Waals surface area contributed by atoms with Crippen molar-refractivity contribution in [1.82, 2.24) is 14.6 Å². The molecule has 0 saturated heterocycles. The lowest BCUT2D eigenvalue weighted by Crippen LogP contribution is -2.17. The largest absolute Gasteiger partial charge is 0.456 e. The third-order valence-corrected chi connectivity index (χ3v) is 3.48. The van der Waals surface area contributed by atoms with Gasteiger partial charge >= 0.3 is 5.97 Å². The van der Waals surface area contributed by atoms with Crippen LogP contribution in [0.3, 0.4) is 0 Å². The number of aromatic amines is 1. The number of ether oxygens (including phenoxy) is 1. The van der Waals surface area contributed by atoms with E-state index in [0.29, 0.717) is 5.56 Å². The normalized spacial score (nSPS) is 10.5. The SMILES string of the molecule is Cc1cc(C)cc(C(=O)OCc2cc(=O)n3[nH]cc(C#N)c3n2)c1. The van der Waals surface area contributed by atoms with E-state index in [1.807, 2.05) is 26.0 Å². The van der Waals surface area contributed by atoms with Crippen LogP contribution in [0.5, 0.6) is 0 Å². The molecule has 0 spiro atoms. The zero-order valence-corrected chi connectivity index (χ0v) is 13.2. The Morgan fingerprint density at radius 1 is 1.29 bits per heavy atom. The van der Waals surface area contributed by atoms with E-state index in [4.69, 9.17) is 10.00 Å². The van der Waals surface area contributed by atoms with Gasteiger partial charge in [-0.3, -0.25) is 9.89 Å². The molecule has 0 aliphatic carbocycles. The summed E-state index contributed by atoms with van der Waals surface area (Å²) < 4.78 is 6.40. The fraction of sp³-hybridized carbons (Fsp3) is 0.176. The zero-order chi connectivity index (χ0) is 17.3. The fourth-order valence-corrected chi connectivity index (χ4v) is 2.50. The fourth-order valence-electron chi connectivity index (χ4n) is 2.50. The minimum absolute atomic E-state index is 0.145. The number of nitrogens with zero attached hydrogens (tertiary/aromatic N) is 3. The number of fused-ring (bicyclic) bond motifs is 1. The molecule has 0 aliphatic heterocycles. The highest BCUT2D eigenvalue weighted by molar-refractivity contribution is 5.89. The van der Waals surface area contributed by atoms with Gasteiger partial charge in [0.25, 0.3) is 5.56 Å². The molecule has 0 unspecified atom stereocenters.